The van der Waals surface area contributed by atoms with Crippen LogP contribution in [0.3, 0.4) is 0 Å². The van der Waals surface area contributed by atoms with Crippen LogP contribution in [0.15, 0.2) is 42.5 Å². The summed E-state index contributed by atoms with van der Waals surface area (Å²) in [6, 6.07) is 13.0. The SMILES string of the molecule is CCc1ccccc1NC(=O)CN1CCN(CCC(=O)Nc2cc(Cl)ccc2OC)CC1. The number of hydrogen-bond donors (Lipinski definition) is 2. The number of nitrogens with zero attached hydrogens (tertiary/aromatic N) is 2. The molecule has 32 heavy (non-hydrogen) atoms. The van der Waals surface area contributed by atoms with Gasteiger partial charge in [0.1, 0.15) is 5.75 Å². The van der Waals surface area contributed by atoms with Crippen LogP contribution in [-0.4, -0.2) is 68.0 Å². The zero-order chi connectivity index (χ0) is 22.9. The van der Waals surface area contributed by atoms with Crippen molar-refractivity contribution < 1.29 is 14.3 Å². The molecule has 2 aromatic carbocycles. The highest BCUT2D eigenvalue weighted by molar-refractivity contribution is 6.31. The van der Waals surface area contributed by atoms with Gasteiger partial charge >= 0.3 is 0 Å². The first-order valence-corrected chi connectivity index (χ1v) is 11.3. The molecule has 0 bridgehead atoms. The molecule has 2 amide bonds. The Hall–Kier alpha value is -2.61. The number of para-hydroxylation sites is 1. The van der Waals surface area contributed by atoms with E-state index in [4.69, 9.17) is 16.3 Å². The fourth-order valence-corrected chi connectivity index (χ4v) is 3.94. The number of anilines is 2. The Morgan fingerprint density at radius 2 is 1.66 bits per heavy atom. The molecule has 2 aromatic rings. The molecule has 0 aromatic heterocycles. The van der Waals surface area contributed by atoms with E-state index >= 15 is 0 Å². The van der Waals surface area contributed by atoms with Crippen LogP contribution >= 0.6 is 11.6 Å². The third-order valence-electron chi connectivity index (χ3n) is 5.60. The highest BCUT2D eigenvalue weighted by Crippen LogP contribution is 2.27. The molecule has 7 nitrogen and oxygen atoms in total. The lowest BCUT2D eigenvalue weighted by molar-refractivity contribution is -0.117. The summed E-state index contributed by atoms with van der Waals surface area (Å²) in [4.78, 5) is 29.2. The van der Waals surface area contributed by atoms with Gasteiger partial charge in [0, 0.05) is 49.9 Å². The smallest absolute Gasteiger partial charge is 0.238 e. The number of nitrogens with one attached hydrogen (secondary N) is 2. The van der Waals surface area contributed by atoms with Crippen molar-refractivity contribution in [3.05, 3.63) is 53.1 Å². The first-order valence-electron chi connectivity index (χ1n) is 10.9. The number of hydrogen-bond acceptors (Lipinski definition) is 5. The summed E-state index contributed by atoms with van der Waals surface area (Å²) >= 11 is 6.02. The van der Waals surface area contributed by atoms with E-state index in [0.29, 0.717) is 36.0 Å². The Kier molecular flexibility index (Phi) is 8.90. The summed E-state index contributed by atoms with van der Waals surface area (Å²) in [7, 11) is 1.56. The predicted octanol–water partition coefficient (Wildman–Crippen LogP) is 3.50. The van der Waals surface area contributed by atoms with E-state index in [1.54, 1.807) is 25.3 Å². The highest BCUT2D eigenvalue weighted by Gasteiger charge is 2.20. The van der Waals surface area contributed by atoms with Crippen LogP contribution < -0.4 is 15.4 Å². The minimum atomic E-state index is -0.0815. The van der Waals surface area contributed by atoms with Gasteiger partial charge in [-0.3, -0.25) is 14.5 Å². The van der Waals surface area contributed by atoms with E-state index in [1.807, 2.05) is 24.3 Å². The lowest BCUT2D eigenvalue weighted by atomic mass is 10.1. The number of rotatable bonds is 9. The third-order valence-corrected chi connectivity index (χ3v) is 5.83. The summed E-state index contributed by atoms with van der Waals surface area (Å²) < 4.78 is 5.27. The molecule has 0 radical (unpaired) electrons. The molecule has 8 heteroatoms. The van der Waals surface area contributed by atoms with E-state index in [-0.39, 0.29) is 11.8 Å². The Morgan fingerprint density at radius 3 is 2.38 bits per heavy atom. The van der Waals surface area contributed by atoms with Gasteiger partial charge in [-0.15, -0.1) is 0 Å². The molecule has 1 heterocycles. The number of carbonyl (C=O) groups is 2. The van der Waals surface area contributed by atoms with Gasteiger partial charge in [0.2, 0.25) is 11.8 Å². The minimum Gasteiger partial charge on any atom is -0.495 e. The van der Waals surface area contributed by atoms with Crippen molar-refractivity contribution in [3.8, 4) is 5.75 Å². The first-order chi connectivity index (χ1) is 15.5. The van der Waals surface area contributed by atoms with E-state index in [0.717, 1.165) is 43.9 Å². The summed E-state index contributed by atoms with van der Waals surface area (Å²) in [6.45, 7) is 6.37. The average Bonchev–Trinajstić information content (AvgIpc) is 2.79. The van der Waals surface area contributed by atoms with Gasteiger partial charge in [-0.25, -0.2) is 0 Å². The molecule has 1 aliphatic rings. The number of benzene rings is 2. The molecule has 0 saturated carbocycles. The van der Waals surface area contributed by atoms with Gasteiger partial charge in [0.15, 0.2) is 0 Å². The summed E-state index contributed by atoms with van der Waals surface area (Å²) in [5, 5.41) is 6.44. The summed E-state index contributed by atoms with van der Waals surface area (Å²) in [5.41, 5.74) is 2.60. The van der Waals surface area contributed by atoms with E-state index in [1.165, 1.54) is 0 Å². The van der Waals surface area contributed by atoms with Gasteiger partial charge in [-0.2, -0.15) is 0 Å². The van der Waals surface area contributed by atoms with Crippen LogP contribution in [-0.2, 0) is 16.0 Å². The van der Waals surface area contributed by atoms with Crippen molar-refractivity contribution in [1.29, 1.82) is 0 Å². The molecule has 172 valence electrons. The molecule has 3 rings (SSSR count). The number of amides is 2. The summed E-state index contributed by atoms with van der Waals surface area (Å²) in [6.07, 6.45) is 1.26. The van der Waals surface area contributed by atoms with E-state index in [9.17, 15) is 9.59 Å². The van der Waals surface area contributed by atoms with Crippen LogP contribution in [0.25, 0.3) is 0 Å². The lowest BCUT2D eigenvalue weighted by Gasteiger charge is -2.34. The van der Waals surface area contributed by atoms with Gasteiger partial charge in [-0.05, 0) is 36.2 Å². The van der Waals surface area contributed by atoms with Crippen LogP contribution in [0.5, 0.6) is 5.75 Å². The zero-order valence-corrected chi connectivity index (χ0v) is 19.5. The van der Waals surface area contributed by atoms with E-state index < -0.39 is 0 Å². The fraction of sp³-hybridized carbons (Fsp3) is 0.417. The molecular weight excluding hydrogens is 428 g/mol. The van der Waals surface area contributed by atoms with Gasteiger partial charge in [0.25, 0.3) is 0 Å². The molecular formula is C24H31ClN4O3. The van der Waals surface area contributed by atoms with Crippen molar-refractivity contribution >= 4 is 34.8 Å². The standard InChI is InChI=1S/C24H31ClN4O3/c1-3-18-6-4-5-7-20(18)26-24(31)17-29-14-12-28(13-15-29)11-10-23(30)27-21-16-19(25)8-9-22(21)32-2/h4-9,16H,3,10-15,17H2,1-2H3,(H,26,31)(H,27,30). The quantitative estimate of drug-likeness (QED) is 0.601. The largest absolute Gasteiger partial charge is 0.495 e. The fourth-order valence-electron chi connectivity index (χ4n) is 3.76. The molecule has 1 fully saturated rings. The molecule has 0 atom stereocenters. The van der Waals surface area contributed by atoms with Crippen LogP contribution in [0, 0.1) is 0 Å². The maximum atomic E-state index is 12.5. The van der Waals surface area contributed by atoms with Crippen molar-refractivity contribution in [3.63, 3.8) is 0 Å². The van der Waals surface area contributed by atoms with Crippen LogP contribution in [0.1, 0.15) is 18.9 Å². The summed E-state index contributed by atoms with van der Waals surface area (Å²) in [5.74, 6) is 0.507. The number of piperazine rings is 1. The van der Waals surface area contributed by atoms with Crippen molar-refractivity contribution in [2.75, 3.05) is 57.0 Å². The normalized spacial score (nSPS) is 14.7. The molecule has 1 saturated heterocycles. The van der Waals surface area contributed by atoms with Gasteiger partial charge < -0.3 is 20.3 Å². The van der Waals surface area contributed by atoms with Gasteiger partial charge in [0.05, 0.1) is 19.3 Å². The number of carbonyl (C=O) groups excluding carboxylic acids is 2. The van der Waals surface area contributed by atoms with Crippen LogP contribution in [0.4, 0.5) is 11.4 Å². The predicted molar refractivity (Wildman–Crippen MR) is 129 cm³/mol. The molecule has 1 aliphatic heterocycles. The Balaban J connectivity index is 1.39. The first kappa shape index (κ1) is 24.0. The second-order valence-corrected chi connectivity index (χ2v) is 8.26. The molecule has 0 spiro atoms. The van der Waals surface area contributed by atoms with Crippen molar-refractivity contribution in [2.24, 2.45) is 0 Å². The maximum Gasteiger partial charge on any atom is 0.238 e. The topological polar surface area (TPSA) is 73.9 Å². The number of halogens is 1. The number of aryl methyl sites for hydroxylation is 1. The van der Waals surface area contributed by atoms with Crippen LogP contribution in [0.2, 0.25) is 5.02 Å². The monoisotopic (exact) mass is 458 g/mol. The zero-order valence-electron chi connectivity index (χ0n) is 18.7. The number of methoxy groups -OCH3 is 1. The maximum absolute atomic E-state index is 12.5. The Morgan fingerprint density at radius 1 is 0.969 bits per heavy atom. The number of ether oxygens (including phenoxy) is 1. The van der Waals surface area contributed by atoms with Gasteiger partial charge in [-0.1, -0.05) is 36.7 Å². The molecule has 0 unspecified atom stereocenters. The van der Waals surface area contributed by atoms with Crippen molar-refractivity contribution in [2.45, 2.75) is 19.8 Å². The minimum absolute atomic E-state index is 0.00852. The second kappa shape index (κ2) is 11.9. The average molecular weight is 459 g/mol. The Bertz CT molecular complexity index is 929. The lowest BCUT2D eigenvalue weighted by Crippen LogP contribution is -2.49. The molecule has 0 aliphatic carbocycles. The second-order valence-electron chi connectivity index (χ2n) is 7.82. The Labute approximate surface area is 194 Å². The molecule has 2 N–H and O–H groups in total. The third kappa shape index (κ3) is 6.95. The van der Waals surface area contributed by atoms with Crippen molar-refractivity contribution in [1.82, 2.24) is 9.80 Å². The van der Waals surface area contributed by atoms with E-state index in [2.05, 4.69) is 27.4 Å². The highest BCUT2D eigenvalue weighted by atomic mass is 35.5.